The molecule has 0 aliphatic heterocycles. The Labute approximate surface area is 174 Å². The molecule has 0 fully saturated rings. The maximum absolute atomic E-state index is 12.1. The van der Waals surface area contributed by atoms with E-state index in [1.165, 1.54) is 11.0 Å². The number of likely N-dealkylation sites (N-methyl/N-ethyl adjacent to an activating group) is 1. The fraction of sp³-hybridized carbons (Fsp3) is 0.227. The Balaban J connectivity index is 1.79. The van der Waals surface area contributed by atoms with Gasteiger partial charge in [-0.3, -0.25) is 9.48 Å². The number of rotatable bonds is 7. The Morgan fingerprint density at radius 1 is 1.21 bits per heavy atom. The molecule has 3 aromatic rings. The van der Waals surface area contributed by atoms with Crippen molar-refractivity contribution in [1.82, 2.24) is 14.7 Å². The lowest BCUT2D eigenvalue weighted by Gasteiger charge is -2.16. The third kappa shape index (κ3) is 5.42. The van der Waals surface area contributed by atoms with Crippen molar-refractivity contribution in [3.8, 4) is 10.6 Å². The molecule has 1 unspecified atom stereocenters. The van der Waals surface area contributed by atoms with E-state index in [2.05, 4.69) is 0 Å². The van der Waals surface area contributed by atoms with Gasteiger partial charge in [-0.15, -0.1) is 11.3 Å². The number of carbonyl (C=O) groups excluding carboxylic acids is 2. The smallest absolute Gasteiger partial charge is 0.331 e. The Morgan fingerprint density at radius 2 is 1.97 bits per heavy atom. The Hall–Kier alpha value is -3.19. The standard InChI is InChI=1S/C22H23N3O3S/c1-16(22(27)24(2)3)28-20(26)12-11-18-15-25(14-17-8-5-4-6-9-17)23-21(18)19-10-7-13-29-19/h4-13,15-16H,14H2,1-3H3/b12-11+. The van der Waals surface area contributed by atoms with E-state index in [0.717, 1.165) is 21.7 Å². The Kier molecular flexibility index (Phi) is 6.61. The number of esters is 1. The average molecular weight is 410 g/mol. The molecule has 6 nitrogen and oxygen atoms in total. The minimum atomic E-state index is -0.834. The number of amides is 1. The minimum Gasteiger partial charge on any atom is -0.449 e. The van der Waals surface area contributed by atoms with E-state index in [1.54, 1.807) is 38.4 Å². The van der Waals surface area contributed by atoms with Crippen molar-refractivity contribution in [1.29, 1.82) is 0 Å². The topological polar surface area (TPSA) is 64.4 Å². The quantitative estimate of drug-likeness (QED) is 0.441. The van der Waals surface area contributed by atoms with Gasteiger partial charge in [0.15, 0.2) is 6.10 Å². The summed E-state index contributed by atoms with van der Waals surface area (Å²) in [7, 11) is 3.24. The number of carbonyl (C=O) groups is 2. The molecule has 0 bridgehead atoms. The first-order chi connectivity index (χ1) is 13.9. The molecule has 29 heavy (non-hydrogen) atoms. The summed E-state index contributed by atoms with van der Waals surface area (Å²) in [6.45, 7) is 2.19. The molecule has 0 aliphatic rings. The van der Waals surface area contributed by atoms with E-state index in [0.29, 0.717) is 6.54 Å². The molecule has 0 N–H and O–H groups in total. The van der Waals surface area contributed by atoms with Gasteiger partial charge in [0.1, 0.15) is 5.69 Å². The lowest BCUT2D eigenvalue weighted by molar-refractivity contribution is -0.153. The number of hydrogen-bond acceptors (Lipinski definition) is 5. The maximum atomic E-state index is 12.1. The highest BCUT2D eigenvalue weighted by molar-refractivity contribution is 7.13. The first kappa shape index (κ1) is 20.5. The van der Waals surface area contributed by atoms with Crippen LogP contribution >= 0.6 is 11.3 Å². The van der Waals surface area contributed by atoms with E-state index >= 15 is 0 Å². The molecule has 2 aromatic heterocycles. The molecule has 1 atom stereocenters. The summed E-state index contributed by atoms with van der Waals surface area (Å²) in [5.74, 6) is -0.831. The number of benzene rings is 1. The van der Waals surface area contributed by atoms with Gasteiger partial charge < -0.3 is 9.64 Å². The van der Waals surface area contributed by atoms with Gasteiger partial charge in [0.2, 0.25) is 0 Å². The van der Waals surface area contributed by atoms with E-state index in [4.69, 9.17) is 9.84 Å². The van der Waals surface area contributed by atoms with E-state index < -0.39 is 12.1 Å². The molecule has 0 spiro atoms. The normalized spacial score (nSPS) is 12.1. The predicted octanol–water partition coefficient (Wildman–Crippen LogP) is 3.69. The van der Waals surface area contributed by atoms with Crippen molar-refractivity contribution in [2.45, 2.75) is 19.6 Å². The van der Waals surface area contributed by atoms with Crippen LogP contribution in [0.5, 0.6) is 0 Å². The summed E-state index contributed by atoms with van der Waals surface area (Å²) in [5.41, 5.74) is 2.75. The number of hydrogen-bond donors (Lipinski definition) is 0. The Morgan fingerprint density at radius 3 is 2.62 bits per heavy atom. The van der Waals surface area contributed by atoms with E-state index in [1.807, 2.05) is 58.7 Å². The number of aromatic nitrogens is 2. The number of nitrogens with zero attached hydrogens (tertiary/aromatic N) is 3. The lowest BCUT2D eigenvalue weighted by Crippen LogP contribution is -2.34. The zero-order valence-electron chi connectivity index (χ0n) is 16.6. The minimum absolute atomic E-state index is 0.262. The zero-order chi connectivity index (χ0) is 20.8. The Bertz CT molecular complexity index is 992. The second-order valence-corrected chi connectivity index (χ2v) is 7.69. The van der Waals surface area contributed by atoms with Gasteiger partial charge >= 0.3 is 5.97 Å². The third-order valence-electron chi connectivity index (χ3n) is 4.21. The molecule has 2 heterocycles. The molecular weight excluding hydrogens is 386 g/mol. The monoisotopic (exact) mass is 409 g/mol. The van der Waals surface area contributed by atoms with Crippen LogP contribution in [-0.4, -0.2) is 46.8 Å². The summed E-state index contributed by atoms with van der Waals surface area (Å²) < 4.78 is 7.04. The zero-order valence-corrected chi connectivity index (χ0v) is 17.4. The van der Waals surface area contributed by atoms with Crippen LogP contribution in [0.3, 0.4) is 0 Å². The average Bonchev–Trinajstić information content (AvgIpc) is 3.36. The first-order valence-electron chi connectivity index (χ1n) is 9.19. The van der Waals surface area contributed by atoms with Gasteiger partial charge in [0.05, 0.1) is 11.4 Å². The first-order valence-corrected chi connectivity index (χ1v) is 10.1. The van der Waals surface area contributed by atoms with Crippen LogP contribution in [-0.2, 0) is 20.9 Å². The maximum Gasteiger partial charge on any atom is 0.331 e. The molecule has 7 heteroatoms. The van der Waals surface area contributed by atoms with Crippen LogP contribution in [0.25, 0.3) is 16.6 Å². The van der Waals surface area contributed by atoms with Crippen molar-refractivity contribution in [2.75, 3.05) is 14.1 Å². The molecule has 1 aromatic carbocycles. The molecule has 0 saturated carbocycles. The number of thiophene rings is 1. The van der Waals surface area contributed by atoms with Crippen molar-refractivity contribution in [2.24, 2.45) is 0 Å². The molecular formula is C22H23N3O3S. The van der Waals surface area contributed by atoms with Crippen LogP contribution in [0.15, 0.2) is 60.1 Å². The van der Waals surface area contributed by atoms with Crippen molar-refractivity contribution in [3.63, 3.8) is 0 Å². The third-order valence-corrected chi connectivity index (χ3v) is 5.09. The molecule has 1 amide bonds. The summed E-state index contributed by atoms with van der Waals surface area (Å²) in [4.78, 5) is 26.4. The van der Waals surface area contributed by atoms with Crippen LogP contribution in [0.2, 0.25) is 0 Å². The largest absolute Gasteiger partial charge is 0.449 e. The van der Waals surface area contributed by atoms with Crippen LogP contribution in [0, 0.1) is 0 Å². The van der Waals surface area contributed by atoms with Gasteiger partial charge in [-0.25, -0.2) is 4.79 Å². The molecule has 3 rings (SSSR count). The van der Waals surface area contributed by atoms with Gasteiger partial charge in [0.25, 0.3) is 5.91 Å². The van der Waals surface area contributed by atoms with Crippen LogP contribution in [0.4, 0.5) is 0 Å². The predicted molar refractivity (Wildman–Crippen MR) is 114 cm³/mol. The SMILES string of the molecule is CC(OC(=O)/C=C/c1cn(Cc2ccccc2)nc1-c1cccs1)C(=O)N(C)C. The molecule has 0 radical (unpaired) electrons. The lowest BCUT2D eigenvalue weighted by atomic mass is 10.2. The molecule has 0 aliphatic carbocycles. The van der Waals surface area contributed by atoms with Crippen LogP contribution < -0.4 is 0 Å². The second-order valence-electron chi connectivity index (χ2n) is 6.74. The highest BCUT2D eigenvalue weighted by Gasteiger charge is 2.18. The second kappa shape index (κ2) is 9.34. The van der Waals surface area contributed by atoms with E-state index in [9.17, 15) is 9.59 Å². The summed E-state index contributed by atoms with van der Waals surface area (Å²) in [6.07, 6.45) is 4.08. The fourth-order valence-corrected chi connectivity index (χ4v) is 3.53. The fourth-order valence-electron chi connectivity index (χ4n) is 2.80. The molecule has 0 saturated heterocycles. The van der Waals surface area contributed by atoms with Crippen LogP contribution in [0.1, 0.15) is 18.1 Å². The molecule has 150 valence electrons. The number of ether oxygens (including phenoxy) is 1. The highest BCUT2D eigenvalue weighted by Crippen LogP contribution is 2.27. The van der Waals surface area contributed by atoms with Gasteiger partial charge in [-0.1, -0.05) is 36.4 Å². The van der Waals surface area contributed by atoms with Crippen molar-refractivity contribution < 1.29 is 14.3 Å². The van der Waals surface area contributed by atoms with Gasteiger partial charge in [-0.2, -0.15) is 5.10 Å². The summed E-state index contributed by atoms with van der Waals surface area (Å²) in [5, 5.41) is 6.69. The van der Waals surface area contributed by atoms with Crippen molar-refractivity contribution in [3.05, 3.63) is 71.2 Å². The van der Waals surface area contributed by atoms with Crippen molar-refractivity contribution >= 4 is 29.3 Å². The summed E-state index contributed by atoms with van der Waals surface area (Å²) >= 11 is 1.59. The summed E-state index contributed by atoms with van der Waals surface area (Å²) in [6, 6.07) is 14.0. The van der Waals surface area contributed by atoms with Gasteiger partial charge in [-0.05, 0) is 30.0 Å². The van der Waals surface area contributed by atoms with E-state index in [-0.39, 0.29) is 5.91 Å². The highest BCUT2D eigenvalue weighted by atomic mass is 32.1. The van der Waals surface area contributed by atoms with Gasteiger partial charge in [0, 0.05) is 31.9 Å².